The van der Waals surface area contributed by atoms with Crippen LogP contribution in [-0.4, -0.2) is 24.4 Å². The lowest BCUT2D eigenvalue weighted by molar-refractivity contribution is 0.0995. The standard InChI is InChI=1S/C23H18Cl2N4O4S/c1-12-6-7-19(13(2)8-12)29-34(32,33)16-5-3-4-14(9-16)22(30)28-27-21-17-10-15(24)11-18(25)20(17)26-23(21)31/h3-11,26,29,31H,1-2H3. The number of aromatic hydroxyl groups is 1. The number of anilines is 1. The van der Waals surface area contributed by atoms with Gasteiger partial charge < -0.3 is 10.1 Å². The number of fused-ring (bicyclic) bond motifs is 1. The number of aromatic nitrogens is 1. The van der Waals surface area contributed by atoms with E-state index < -0.39 is 15.9 Å². The van der Waals surface area contributed by atoms with Crippen LogP contribution in [0.3, 0.4) is 0 Å². The van der Waals surface area contributed by atoms with Crippen LogP contribution < -0.4 is 4.72 Å². The minimum Gasteiger partial charge on any atom is -0.493 e. The van der Waals surface area contributed by atoms with Crippen molar-refractivity contribution in [3.63, 3.8) is 0 Å². The highest BCUT2D eigenvalue weighted by atomic mass is 35.5. The van der Waals surface area contributed by atoms with Crippen LogP contribution in [0.5, 0.6) is 5.88 Å². The van der Waals surface area contributed by atoms with Crippen LogP contribution in [0, 0.1) is 13.8 Å². The van der Waals surface area contributed by atoms with Gasteiger partial charge in [0, 0.05) is 16.0 Å². The first-order valence-electron chi connectivity index (χ1n) is 9.91. The highest BCUT2D eigenvalue weighted by Crippen LogP contribution is 2.40. The molecule has 3 N–H and O–H groups in total. The average molecular weight is 517 g/mol. The molecule has 0 atom stereocenters. The van der Waals surface area contributed by atoms with Crippen LogP contribution in [0.4, 0.5) is 11.4 Å². The number of nitrogens with zero attached hydrogens (tertiary/aromatic N) is 2. The van der Waals surface area contributed by atoms with E-state index in [0.717, 1.165) is 11.1 Å². The number of sulfonamides is 1. The van der Waals surface area contributed by atoms with Crippen LogP contribution in [0.25, 0.3) is 10.9 Å². The Morgan fingerprint density at radius 2 is 1.82 bits per heavy atom. The number of benzene rings is 3. The van der Waals surface area contributed by atoms with Crippen LogP contribution in [0.15, 0.2) is 69.7 Å². The van der Waals surface area contributed by atoms with Crippen molar-refractivity contribution in [2.45, 2.75) is 18.7 Å². The summed E-state index contributed by atoms with van der Waals surface area (Å²) in [7, 11) is -3.96. The molecular weight excluding hydrogens is 499 g/mol. The maximum absolute atomic E-state index is 12.9. The summed E-state index contributed by atoms with van der Waals surface area (Å²) in [4.78, 5) is 15.2. The minimum absolute atomic E-state index is 0.00245. The van der Waals surface area contributed by atoms with Crippen LogP contribution in [0.1, 0.15) is 21.5 Å². The van der Waals surface area contributed by atoms with Crippen molar-refractivity contribution in [3.05, 3.63) is 81.3 Å². The zero-order valence-electron chi connectivity index (χ0n) is 17.9. The second-order valence-corrected chi connectivity index (χ2v) is 10.1. The molecule has 8 nitrogen and oxygen atoms in total. The van der Waals surface area contributed by atoms with Gasteiger partial charge in [0.2, 0.25) is 5.88 Å². The molecule has 0 radical (unpaired) electrons. The summed E-state index contributed by atoms with van der Waals surface area (Å²) in [6.07, 6.45) is 0. The lowest BCUT2D eigenvalue weighted by Crippen LogP contribution is -2.14. The Bertz CT molecular complexity index is 1580. The molecule has 0 fully saturated rings. The predicted octanol–water partition coefficient (Wildman–Crippen LogP) is 6.52. The van der Waals surface area contributed by atoms with Gasteiger partial charge in [0.05, 0.1) is 21.1 Å². The number of halogens is 2. The van der Waals surface area contributed by atoms with E-state index >= 15 is 0 Å². The van der Waals surface area contributed by atoms with Gasteiger partial charge in [-0.3, -0.25) is 9.52 Å². The zero-order valence-corrected chi connectivity index (χ0v) is 20.3. The van der Waals surface area contributed by atoms with Gasteiger partial charge in [-0.05, 0) is 55.8 Å². The maximum atomic E-state index is 12.9. The molecule has 1 heterocycles. The number of carbonyl (C=O) groups excluding carboxylic acids is 1. The van der Waals surface area contributed by atoms with Crippen LogP contribution >= 0.6 is 23.2 Å². The third-order valence-electron chi connectivity index (χ3n) is 5.04. The van der Waals surface area contributed by atoms with E-state index in [1.54, 1.807) is 19.1 Å². The lowest BCUT2D eigenvalue weighted by Gasteiger charge is -2.11. The van der Waals surface area contributed by atoms with Crippen LogP contribution in [0.2, 0.25) is 10.0 Å². The number of hydrogen-bond donors (Lipinski definition) is 3. The third-order valence-corrected chi connectivity index (χ3v) is 6.92. The first-order valence-corrected chi connectivity index (χ1v) is 12.1. The van der Waals surface area contributed by atoms with Gasteiger partial charge in [-0.25, -0.2) is 8.42 Å². The predicted molar refractivity (Wildman–Crippen MR) is 132 cm³/mol. The van der Waals surface area contributed by atoms with Crippen molar-refractivity contribution in [2.75, 3.05) is 4.72 Å². The Balaban J connectivity index is 1.62. The molecule has 0 saturated heterocycles. The Morgan fingerprint density at radius 3 is 2.56 bits per heavy atom. The number of rotatable bonds is 5. The van der Waals surface area contributed by atoms with Crippen molar-refractivity contribution in [2.24, 2.45) is 10.2 Å². The second-order valence-electron chi connectivity index (χ2n) is 7.59. The molecule has 0 bridgehead atoms. The average Bonchev–Trinajstić information content (AvgIpc) is 3.09. The molecule has 1 aromatic heterocycles. The first-order chi connectivity index (χ1) is 16.0. The lowest BCUT2D eigenvalue weighted by atomic mass is 10.1. The highest BCUT2D eigenvalue weighted by Gasteiger charge is 2.18. The fourth-order valence-corrected chi connectivity index (χ4v) is 5.09. The molecule has 3 aromatic carbocycles. The zero-order chi connectivity index (χ0) is 24.6. The van der Waals surface area contributed by atoms with Gasteiger partial charge in [-0.2, -0.15) is 0 Å². The van der Waals surface area contributed by atoms with E-state index in [9.17, 15) is 18.3 Å². The SMILES string of the molecule is Cc1ccc(NS(=O)(=O)c2cccc(C(=O)N=Nc3c(O)[nH]c4c(Cl)cc(Cl)cc34)c2)c(C)c1. The summed E-state index contributed by atoms with van der Waals surface area (Å²) in [6, 6.07) is 13.8. The summed E-state index contributed by atoms with van der Waals surface area (Å²) in [5.74, 6) is -1.14. The molecule has 0 aliphatic rings. The van der Waals surface area contributed by atoms with E-state index in [1.807, 2.05) is 13.0 Å². The normalized spacial score (nSPS) is 11.9. The number of aromatic amines is 1. The minimum atomic E-state index is -3.96. The number of hydrogen-bond acceptors (Lipinski definition) is 5. The molecule has 0 spiro atoms. The third kappa shape index (κ3) is 4.77. The summed E-state index contributed by atoms with van der Waals surface area (Å²) >= 11 is 12.1. The molecule has 0 aliphatic heterocycles. The van der Waals surface area contributed by atoms with E-state index in [1.165, 1.54) is 36.4 Å². The summed E-state index contributed by atoms with van der Waals surface area (Å²) < 4.78 is 28.3. The summed E-state index contributed by atoms with van der Waals surface area (Å²) in [5.41, 5.74) is 2.58. The topological polar surface area (TPSA) is 124 Å². The monoisotopic (exact) mass is 516 g/mol. The molecule has 0 unspecified atom stereocenters. The maximum Gasteiger partial charge on any atom is 0.295 e. The number of H-pyrrole nitrogens is 1. The molecule has 1 amide bonds. The summed E-state index contributed by atoms with van der Waals surface area (Å²) in [6.45, 7) is 3.71. The molecule has 0 aliphatic carbocycles. The van der Waals surface area contributed by atoms with Gasteiger partial charge in [0.15, 0.2) is 5.69 Å². The summed E-state index contributed by atoms with van der Waals surface area (Å²) in [5, 5.41) is 18.6. The quantitative estimate of drug-likeness (QED) is 0.261. The number of nitrogens with one attached hydrogen (secondary N) is 2. The molecule has 0 saturated carbocycles. The van der Waals surface area contributed by atoms with Gasteiger partial charge >= 0.3 is 0 Å². The largest absolute Gasteiger partial charge is 0.493 e. The van der Waals surface area contributed by atoms with Gasteiger partial charge in [-0.1, -0.05) is 47.0 Å². The Morgan fingerprint density at radius 1 is 1.06 bits per heavy atom. The number of aryl methyl sites for hydroxylation is 2. The van der Waals surface area contributed by atoms with Crippen molar-refractivity contribution < 1.29 is 18.3 Å². The highest BCUT2D eigenvalue weighted by molar-refractivity contribution is 7.92. The van der Waals surface area contributed by atoms with Gasteiger partial charge in [-0.15, -0.1) is 10.2 Å². The Hall–Kier alpha value is -3.40. The number of amides is 1. The van der Waals surface area contributed by atoms with E-state index in [2.05, 4.69) is 19.9 Å². The molecule has 34 heavy (non-hydrogen) atoms. The van der Waals surface area contributed by atoms with Crippen LogP contribution in [-0.2, 0) is 10.0 Å². The Labute approximate surface area is 205 Å². The van der Waals surface area contributed by atoms with Crippen molar-refractivity contribution in [1.82, 2.24) is 4.98 Å². The van der Waals surface area contributed by atoms with Crippen molar-refractivity contribution in [3.8, 4) is 5.88 Å². The first kappa shape index (κ1) is 23.7. The Kier molecular flexibility index (Phi) is 6.35. The number of carbonyl (C=O) groups is 1. The van der Waals surface area contributed by atoms with Crippen molar-refractivity contribution >= 4 is 61.4 Å². The second kappa shape index (κ2) is 9.09. The van der Waals surface area contributed by atoms with Gasteiger partial charge in [0.25, 0.3) is 15.9 Å². The van der Waals surface area contributed by atoms with E-state index in [-0.39, 0.29) is 27.0 Å². The van der Waals surface area contributed by atoms with E-state index in [4.69, 9.17) is 23.2 Å². The molecule has 4 rings (SSSR count). The van der Waals surface area contributed by atoms with Crippen molar-refractivity contribution in [1.29, 1.82) is 0 Å². The molecule has 11 heteroatoms. The molecular formula is C23H18Cl2N4O4S. The molecule has 174 valence electrons. The van der Waals surface area contributed by atoms with E-state index in [0.29, 0.717) is 21.6 Å². The molecule has 4 aromatic rings. The fourth-order valence-electron chi connectivity index (χ4n) is 3.38. The number of azo groups is 1. The smallest absolute Gasteiger partial charge is 0.295 e. The van der Waals surface area contributed by atoms with Gasteiger partial charge in [0.1, 0.15) is 0 Å². The fraction of sp³-hybridized carbons (Fsp3) is 0.0870.